The van der Waals surface area contributed by atoms with Crippen molar-refractivity contribution >= 4 is 38.7 Å². The Bertz CT molecular complexity index is 615. The number of fused-ring (bicyclic) bond motifs is 1. The first kappa shape index (κ1) is 11.9. The molecule has 0 fully saturated rings. The number of rotatable bonds is 1. The van der Waals surface area contributed by atoms with Gasteiger partial charge in [-0.15, -0.1) is 0 Å². The van der Waals surface area contributed by atoms with Gasteiger partial charge in [-0.2, -0.15) is 0 Å². The van der Waals surface area contributed by atoms with Crippen molar-refractivity contribution in [2.24, 2.45) is 0 Å². The van der Waals surface area contributed by atoms with Gasteiger partial charge in [0.15, 0.2) is 5.75 Å². The third kappa shape index (κ3) is 2.24. The summed E-state index contributed by atoms with van der Waals surface area (Å²) in [5.41, 5.74) is 0.719. The Morgan fingerprint density at radius 1 is 1.29 bits per heavy atom. The highest BCUT2D eigenvalue weighted by molar-refractivity contribution is 9.10. The lowest BCUT2D eigenvalue weighted by Gasteiger charge is -1.98. The maximum atomic E-state index is 11.5. The average Bonchev–Trinajstić information content (AvgIpc) is 2.56. The summed E-state index contributed by atoms with van der Waals surface area (Å²) in [7, 11) is 0. The molecule has 0 bridgehead atoms. The maximum absolute atomic E-state index is 11.5. The smallest absolute Gasteiger partial charge is 0.308 e. The van der Waals surface area contributed by atoms with E-state index in [9.17, 15) is 9.59 Å². The van der Waals surface area contributed by atoms with Gasteiger partial charge in [0.1, 0.15) is 0 Å². The molecule has 17 heavy (non-hydrogen) atoms. The molecule has 0 aliphatic heterocycles. The number of carbonyl (C=O) groups is 2. The Morgan fingerprint density at radius 3 is 2.59 bits per heavy atom. The lowest BCUT2D eigenvalue weighted by atomic mass is 10.2. The van der Waals surface area contributed by atoms with Gasteiger partial charge in [0.05, 0.1) is 11.7 Å². The number of carbonyl (C=O) groups excluding carboxylic acids is 2. The van der Waals surface area contributed by atoms with Gasteiger partial charge >= 0.3 is 5.97 Å². The predicted octanol–water partition coefficient (Wildman–Crippen LogP) is 2.99. The summed E-state index contributed by atoms with van der Waals surface area (Å²) in [6.07, 6.45) is 1.53. The molecule has 2 aromatic rings. The summed E-state index contributed by atoms with van der Waals surface area (Å²) in [6, 6.07) is 5.44. The van der Waals surface area contributed by atoms with Crippen LogP contribution in [0.2, 0.25) is 0 Å². The van der Waals surface area contributed by atoms with Gasteiger partial charge in [-0.25, -0.2) is 0 Å². The molecule has 0 atom stereocenters. The molecular weight excluding hydrogens is 286 g/mol. The van der Waals surface area contributed by atoms with E-state index in [1.54, 1.807) is 6.07 Å². The molecule has 88 valence electrons. The highest BCUT2D eigenvalue weighted by Crippen LogP contribution is 2.30. The molecular formula is C12H10BrNO3. The highest BCUT2D eigenvalue weighted by atomic mass is 79.9. The van der Waals surface area contributed by atoms with E-state index in [2.05, 4.69) is 15.9 Å². The van der Waals surface area contributed by atoms with Gasteiger partial charge in [-0.3, -0.25) is 14.2 Å². The van der Waals surface area contributed by atoms with Crippen molar-refractivity contribution in [3.8, 4) is 5.75 Å². The van der Waals surface area contributed by atoms with E-state index in [4.69, 9.17) is 4.74 Å². The Morgan fingerprint density at radius 2 is 2.00 bits per heavy atom. The number of benzene rings is 1. The van der Waals surface area contributed by atoms with Gasteiger partial charge < -0.3 is 4.74 Å². The van der Waals surface area contributed by atoms with E-state index in [1.807, 2.05) is 12.1 Å². The Kier molecular flexibility index (Phi) is 3.02. The number of hydrogen-bond donors (Lipinski definition) is 0. The predicted molar refractivity (Wildman–Crippen MR) is 67.2 cm³/mol. The van der Waals surface area contributed by atoms with Crippen LogP contribution in [0, 0.1) is 0 Å². The number of ether oxygens (including phenoxy) is 1. The lowest BCUT2D eigenvalue weighted by molar-refractivity contribution is -0.131. The number of nitrogens with zero attached hydrogens (tertiary/aromatic N) is 1. The topological polar surface area (TPSA) is 48.3 Å². The summed E-state index contributed by atoms with van der Waals surface area (Å²) < 4.78 is 7.40. The van der Waals surface area contributed by atoms with Crippen molar-refractivity contribution in [1.82, 2.24) is 4.57 Å². The molecule has 0 spiro atoms. The Labute approximate surface area is 106 Å². The molecule has 0 saturated heterocycles. The number of halogens is 1. The number of aromatic nitrogens is 1. The zero-order valence-electron chi connectivity index (χ0n) is 9.36. The van der Waals surface area contributed by atoms with Gasteiger partial charge in [-0.05, 0) is 18.2 Å². The SMILES string of the molecule is CC(=O)Oc1cn(C(C)=O)c2ccc(Br)cc12. The van der Waals surface area contributed by atoms with Crippen LogP contribution < -0.4 is 4.74 Å². The van der Waals surface area contributed by atoms with Crippen LogP contribution in [0.25, 0.3) is 10.9 Å². The first-order valence-corrected chi connectivity index (χ1v) is 5.78. The second kappa shape index (κ2) is 4.33. The second-order valence-electron chi connectivity index (χ2n) is 3.64. The van der Waals surface area contributed by atoms with Crippen molar-refractivity contribution in [3.05, 3.63) is 28.9 Å². The molecule has 0 aliphatic rings. The normalized spacial score (nSPS) is 10.5. The fourth-order valence-electron chi connectivity index (χ4n) is 1.67. The average molecular weight is 296 g/mol. The van der Waals surface area contributed by atoms with E-state index in [-0.39, 0.29) is 5.91 Å². The molecule has 1 aromatic carbocycles. The van der Waals surface area contributed by atoms with E-state index in [1.165, 1.54) is 24.6 Å². The zero-order chi connectivity index (χ0) is 12.6. The van der Waals surface area contributed by atoms with E-state index < -0.39 is 5.97 Å². The molecule has 5 heteroatoms. The molecule has 1 heterocycles. The molecule has 0 amide bonds. The Balaban J connectivity index is 2.70. The number of hydrogen-bond acceptors (Lipinski definition) is 3. The monoisotopic (exact) mass is 295 g/mol. The molecule has 4 nitrogen and oxygen atoms in total. The van der Waals surface area contributed by atoms with E-state index >= 15 is 0 Å². The van der Waals surface area contributed by atoms with Crippen molar-refractivity contribution in [1.29, 1.82) is 0 Å². The highest BCUT2D eigenvalue weighted by Gasteiger charge is 2.13. The standard InChI is InChI=1S/C12H10BrNO3/c1-7(15)14-6-12(17-8(2)16)10-5-9(13)3-4-11(10)14/h3-6H,1-2H3. The number of esters is 1. The fourth-order valence-corrected chi connectivity index (χ4v) is 2.03. The van der Waals surface area contributed by atoms with Crippen molar-refractivity contribution in [2.45, 2.75) is 13.8 Å². The summed E-state index contributed by atoms with van der Waals surface area (Å²) in [5.74, 6) is -0.146. The first-order chi connectivity index (χ1) is 7.99. The van der Waals surface area contributed by atoms with E-state index in [0.29, 0.717) is 5.75 Å². The first-order valence-electron chi connectivity index (χ1n) is 4.99. The van der Waals surface area contributed by atoms with Crippen LogP contribution in [-0.2, 0) is 4.79 Å². The van der Waals surface area contributed by atoms with Crippen molar-refractivity contribution in [2.75, 3.05) is 0 Å². The van der Waals surface area contributed by atoms with Crippen LogP contribution >= 0.6 is 15.9 Å². The third-order valence-electron chi connectivity index (χ3n) is 2.32. The zero-order valence-corrected chi connectivity index (χ0v) is 10.9. The quantitative estimate of drug-likeness (QED) is 0.760. The van der Waals surface area contributed by atoms with Gasteiger partial charge in [0.2, 0.25) is 5.91 Å². The Hall–Kier alpha value is -1.62. The maximum Gasteiger partial charge on any atom is 0.308 e. The molecule has 0 N–H and O–H groups in total. The van der Waals surface area contributed by atoms with Crippen LogP contribution in [0.5, 0.6) is 5.75 Å². The van der Waals surface area contributed by atoms with Crippen LogP contribution in [0.1, 0.15) is 18.6 Å². The second-order valence-corrected chi connectivity index (χ2v) is 4.55. The lowest BCUT2D eigenvalue weighted by Crippen LogP contribution is -2.03. The van der Waals surface area contributed by atoms with E-state index in [0.717, 1.165) is 15.4 Å². The third-order valence-corrected chi connectivity index (χ3v) is 2.82. The van der Waals surface area contributed by atoms with Crippen molar-refractivity contribution < 1.29 is 14.3 Å². The van der Waals surface area contributed by atoms with Crippen LogP contribution in [0.15, 0.2) is 28.9 Å². The van der Waals surface area contributed by atoms with Crippen LogP contribution in [0.4, 0.5) is 0 Å². The minimum Gasteiger partial charge on any atom is -0.424 e. The molecule has 2 rings (SSSR count). The van der Waals surface area contributed by atoms with Gasteiger partial charge in [0, 0.05) is 23.7 Å². The van der Waals surface area contributed by atoms with Gasteiger partial charge in [0.25, 0.3) is 0 Å². The molecule has 1 aromatic heterocycles. The molecule has 0 aliphatic carbocycles. The summed E-state index contributed by atoms with van der Waals surface area (Å²) in [5, 5.41) is 0.727. The fraction of sp³-hybridized carbons (Fsp3) is 0.167. The van der Waals surface area contributed by atoms with Crippen molar-refractivity contribution in [3.63, 3.8) is 0 Å². The summed E-state index contributed by atoms with van der Waals surface area (Å²) >= 11 is 3.34. The summed E-state index contributed by atoms with van der Waals surface area (Å²) in [6.45, 7) is 2.79. The molecule has 0 saturated carbocycles. The molecule has 0 radical (unpaired) electrons. The van der Waals surface area contributed by atoms with Crippen LogP contribution in [-0.4, -0.2) is 16.4 Å². The van der Waals surface area contributed by atoms with Crippen LogP contribution in [0.3, 0.4) is 0 Å². The largest absolute Gasteiger partial charge is 0.424 e. The minimum atomic E-state index is -0.410. The molecule has 0 unspecified atom stereocenters. The summed E-state index contributed by atoms with van der Waals surface area (Å²) in [4.78, 5) is 22.4. The van der Waals surface area contributed by atoms with Gasteiger partial charge in [-0.1, -0.05) is 15.9 Å². The minimum absolute atomic E-state index is 0.129.